The van der Waals surface area contributed by atoms with Crippen molar-refractivity contribution in [3.8, 4) is 5.88 Å². The molecule has 1 aromatic heterocycles. The lowest BCUT2D eigenvalue weighted by Crippen LogP contribution is -2.47. The van der Waals surface area contributed by atoms with Crippen LogP contribution in [0.5, 0.6) is 5.88 Å². The van der Waals surface area contributed by atoms with E-state index in [1.807, 2.05) is 0 Å². The van der Waals surface area contributed by atoms with Crippen molar-refractivity contribution < 1.29 is 27.4 Å². The molecule has 0 aromatic carbocycles. The molecule has 6 nitrogen and oxygen atoms in total. The third-order valence-corrected chi connectivity index (χ3v) is 3.46. The largest absolute Gasteiger partial charge is 0.479 e. The highest BCUT2D eigenvalue weighted by atomic mass is 19.4. The standard InChI is InChI=1S/C13H18F3N3O3/c1-18-7-10(11(17-18)21-2)12(20)19(8-13(14,15)16)9-3-5-22-6-4-9/h7,9H,3-6,8H2,1-2H3. The molecule has 1 aromatic rings. The quantitative estimate of drug-likeness (QED) is 0.845. The number of methoxy groups -OCH3 is 1. The van der Waals surface area contributed by atoms with Crippen LogP contribution >= 0.6 is 0 Å². The number of rotatable bonds is 4. The Morgan fingerprint density at radius 2 is 2.14 bits per heavy atom. The maximum atomic E-state index is 12.8. The fourth-order valence-electron chi connectivity index (χ4n) is 2.48. The molecular weight excluding hydrogens is 303 g/mol. The van der Waals surface area contributed by atoms with Gasteiger partial charge < -0.3 is 14.4 Å². The molecule has 2 heterocycles. The number of carbonyl (C=O) groups excluding carboxylic acids is 1. The first kappa shape index (κ1) is 16.6. The maximum absolute atomic E-state index is 12.8. The van der Waals surface area contributed by atoms with Crippen molar-refractivity contribution in [3.63, 3.8) is 0 Å². The molecule has 0 radical (unpaired) electrons. The first-order valence-corrected chi connectivity index (χ1v) is 6.85. The second kappa shape index (κ2) is 6.55. The van der Waals surface area contributed by atoms with E-state index in [0.29, 0.717) is 26.1 Å². The summed E-state index contributed by atoms with van der Waals surface area (Å²) in [6.07, 6.45) is -2.35. The van der Waals surface area contributed by atoms with E-state index in [2.05, 4.69) is 5.10 Å². The van der Waals surface area contributed by atoms with Crippen LogP contribution in [0.2, 0.25) is 0 Å². The minimum Gasteiger partial charge on any atom is -0.479 e. The maximum Gasteiger partial charge on any atom is 0.406 e. The van der Waals surface area contributed by atoms with E-state index < -0.39 is 24.7 Å². The second-order valence-electron chi connectivity index (χ2n) is 5.12. The van der Waals surface area contributed by atoms with Crippen molar-refractivity contribution in [2.45, 2.75) is 25.1 Å². The van der Waals surface area contributed by atoms with Crippen LogP contribution in [-0.2, 0) is 11.8 Å². The Morgan fingerprint density at radius 1 is 1.50 bits per heavy atom. The molecule has 1 aliphatic heterocycles. The molecular formula is C13H18F3N3O3. The molecule has 124 valence electrons. The number of aryl methyl sites for hydroxylation is 1. The van der Waals surface area contributed by atoms with Crippen LogP contribution in [0.15, 0.2) is 6.20 Å². The summed E-state index contributed by atoms with van der Waals surface area (Å²) < 4.78 is 50.0. The molecule has 1 fully saturated rings. The fourth-order valence-corrected chi connectivity index (χ4v) is 2.48. The summed E-state index contributed by atoms with van der Waals surface area (Å²) >= 11 is 0. The smallest absolute Gasteiger partial charge is 0.406 e. The first-order valence-electron chi connectivity index (χ1n) is 6.85. The lowest BCUT2D eigenvalue weighted by atomic mass is 10.1. The van der Waals surface area contributed by atoms with Gasteiger partial charge in [-0.2, -0.15) is 13.2 Å². The summed E-state index contributed by atoms with van der Waals surface area (Å²) in [4.78, 5) is 13.4. The Bertz CT molecular complexity index is 524. The SMILES string of the molecule is COc1nn(C)cc1C(=O)N(CC(F)(F)F)C1CCOCC1. The summed E-state index contributed by atoms with van der Waals surface area (Å²) in [5, 5.41) is 3.92. The number of aromatic nitrogens is 2. The summed E-state index contributed by atoms with van der Waals surface area (Å²) in [5.74, 6) is -0.707. The second-order valence-corrected chi connectivity index (χ2v) is 5.12. The summed E-state index contributed by atoms with van der Waals surface area (Å²) in [6.45, 7) is -0.610. The molecule has 0 atom stereocenters. The molecule has 2 rings (SSSR count). The van der Waals surface area contributed by atoms with Crippen molar-refractivity contribution in [3.05, 3.63) is 11.8 Å². The Labute approximate surface area is 125 Å². The zero-order valence-electron chi connectivity index (χ0n) is 12.4. The topological polar surface area (TPSA) is 56.6 Å². The molecule has 0 unspecified atom stereocenters. The zero-order valence-corrected chi connectivity index (χ0v) is 12.4. The zero-order chi connectivity index (χ0) is 16.3. The molecule has 1 aliphatic rings. The number of hydrogen-bond acceptors (Lipinski definition) is 4. The van der Waals surface area contributed by atoms with Crippen molar-refractivity contribution >= 4 is 5.91 Å². The van der Waals surface area contributed by atoms with Gasteiger partial charge in [0.25, 0.3) is 5.91 Å². The van der Waals surface area contributed by atoms with Gasteiger partial charge in [0.05, 0.1) is 7.11 Å². The molecule has 0 bridgehead atoms. The number of carbonyl (C=O) groups is 1. The molecule has 1 amide bonds. The molecule has 1 saturated heterocycles. The van der Waals surface area contributed by atoms with Crippen LogP contribution in [0, 0.1) is 0 Å². The summed E-state index contributed by atoms with van der Waals surface area (Å²) in [5.41, 5.74) is 0.0285. The van der Waals surface area contributed by atoms with Gasteiger partial charge in [-0.05, 0) is 12.8 Å². The minimum absolute atomic E-state index is 0.0201. The van der Waals surface area contributed by atoms with Crippen molar-refractivity contribution in [1.82, 2.24) is 14.7 Å². The van der Waals surface area contributed by atoms with Gasteiger partial charge in [0.15, 0.2) is 0 Å². The monoisotopic (exact) mass is 321 g/mol. The number of alkyl halides is 3. The number of amides is 1. The van der Waals surface area contributed by atoms with Gasteiger partial charge in [-0.15, -0.1) is 5.10 Å². The van der Waals surface area contributed by atoms with Gasteiger partial charge in [-0.25, -0.2) is 0 Å². The Morgan fingerprint density at radius 3 is 2.68 bits per heavy atom. The van der Waals surface area contributed by atoms with E-state index in [1.165, 1.54) is 18.0 Å². The molecule has 0 N–H and O–H groups in total. The Kier molecular flexibility index (Phi) is 4.94. The summed E-state index contributed by atoms with van der Waals surface area (Å²) in [7, 11) is 2.89. The lowest BCUT2D eigenvalue weighted by molar-refractivity contribution is -0.147. The van der Waals surface area contributed by atoms with Gasteiger partial charge in [-0.3, -0.25) is 9.48 Å². The number of halogens is 3. The van der Waals surface area contributed by atoms with Crippen LogP contribution in [0.25, 0.3) is 0 Å². The van der Waals surface area contributed by atoms with Crippen LogP contribution in [0.3, 0.4) is 0 Å². The lowest BCUT2D eigenvalue weighted by Gasteiger charge is -2.34. The highest BCUT2D eigenvalue weighted by molar-refractivity contribution is 5.96. The van der Waals surface area contributed by atoms with Gasteiger partial charge in [0.2, 0.25) is 5.88 Å². The van der Waals surface area contributed by atoms with Crippen molar-refractivity contribution in [2.75, 3.05) is 26.9 Å². The van der Waals surface area contributed by atoms with E-state index in [9.17, 15) is 18.0 Å². The highest BCUT2D eigenvalue weighted by Crippen LogP contribution is 2.26. The van der Waals surface area contributed by atoms with Crippen LogP contribution in [0.1, 0.15) is 23.2 Å². The first-order chi connectivity index (χ1) is 10.3. The fraction of sp³-hybridized carbons (Fsp3) is 0.692. The minimum atomic E-state index is -4.47. The average molecular weight is 321 g/mol. The van der Waals surface area contributed by atoms with Crippen LogP contribution in [-0.4, -0.2) is 59.7 Å². The van der Waals surface area contributed by atoms with Crippen LogP contribution in [0.4, 0.5) is 13.2 Å². The Hall–Kier alpha value is -1.77. The van der Waals surface area contributed by atoms with Gasteiger partial charge >= 0.3 is 6.18 Å². The molecule has 0 aliphatic carbocycles. The molecule has 9 heteroatoms. The van der Waals surface area contributed by atoms with E-state index in [1.54, 1.807) is 7.05 Å². The number of ether oxygens (including phenoxy) is 2. The van der Waals surface area contributed by atoms with Gasteiger partial charge in [0, 0.05) is 32.5 Å². The number of hydrogen-bond donors (Lipinski definition) is 0. The number of nitrogens with zero attached hydrogens (tertiary/aromatic N) is 3. The third-order valence-electron chi connectivity index (χ3n) is 3.46. The molecule has 0 spiro atoms. The van der Waals surface area contributed by atoms with Crippen molar-refractivity contribution in [1.29, 1.82) is 0 Å². The predicted octanol–water partition coefficient (Wildman–Crippen LogP) is 1.61. The molecule has 22 heavy (non-hydrogen) atoms. The van der Waals surface area contributed by atoms with Gasteiger partial charge in [0.1, 0.15) is 12.1 Å². The van der Waals surface area contributed by atoms with E-state index >= 15 is 0 Å². The van der Waals surface area contributed by atoms with Gasteiger partial charge in [-0.1, -0.05) is 0 Å². The predicted molar refractivity (Wildman–Crippen MR) is 70.7 cm³/mol. The third kappa shape index (κ3) is 3.90. The van der Waals surface area contributed by atoms with E-state index in [-0.39, 0.29) is 11.4 Å². The normalized spacial score (nSPS) is 16.6. The van der Waals surface area contributed by atoms with Crippen molar-refractivity contribution in [2.24, 2.45) is 7.05 Å². The average Bonchev–Trinajstić information content (AvgIpc) is 2.85. The highest BCUT2D eigenvalue weighted by Gasteiger charge is 2.38. The summed E-state index contributed by atoms with van der Waals surface area (Å²) in [6, 6.07) is -0.507. The van der Waals surface area contributed by atoms with Crippen LogP contribution < -0.4 is 4.74 Å². The van der Waals surface area contributed by atoms with E-state index in [4.69, 9.17) is 9.47 Å². The molecule has 0 saturated carbocycles. The van der Waals surface area contributed by atoms with E-state index in [0.717, 1.165) is 4.90 Å². The Balaban J connectivity index is 2.28.